The number of carbonyl (C=O) groups is 3. The number of methoxy groups -OCH3 is 1. The van der Waals surface area contributed by atoms with Crippen molar-refractivity contribution in [1.29, 1.82) is 0 Å². The van der Waals surface area contributed by atoms with Crippen LogP contribution in [0.2, 0.25) is 0 Å². The van der Waals surface area contributed by atoms with Crippen molar-refractivity contribution in [1.82, 2.24) is 14.8 Å². The SMILES string of the molecule is COc1cccc([C@@]2(C)NC(=O)N(CC(=O)c3cc(C)n(-c4ccc5c(c4)OCO5)c3C)C2=O)c1. The molecule has 3 amide bonds. The van der Waals surface area contributed by atoms with Crippen LogP contribution in [0.5, 0.6) is 17.2 Å². The molecule has 1 N–H and O–H groups in total. The third kappa shape index (κ3) is 3.60. The van der Waals surface area contributed by atoms with Gasteiger partial charge >= 0.3 is 6.03 Å². The van der Waals surface area contributed by atoms with Crippen LogP contribution in [-0.2, 0) is 10.3 Å². The van der Waals surface area contributed by atoms with E-state index in [1.165, 1.54) is 7.11 Å². The van der Waals surface area contributed by atoms with Crippen molar-refractivity contribution >= 4 is 17.7 Å². The van der Waals surface area contributed by atoms with Gasteiger partial charge in [-0.2, -0.15) is 0 Å². The molecule has 2 aromatic carbocycles. The van der Waals surface area contributed by atoms with Crippen molar-refractivity contribution in [2.75, 3.05) is 20.4 Å². The first-order chi connectivity index (χ1) is 16.7. The minimum absolute atomic E-state index is 0.173. The molecule has 3 aromatic rings. The Morgan fingerprint density at radius 1 is 1.09 bits per heavy atom. The van der Waals surface area contributed by atoms with Crippen LogP contribution in [0.25, 0.3) is 5.69 Å². The maximum absolute atomic E-state index is 13.3. The number of aromatic nitrogens is 1. The number of Topliss-reactive ketones (excluding diaryl/α,β-unsaturated/α-hetero) is 1. The van der Waals surface area contributed by atoms with Crippen LogP contribution in [0, 0.1) is 13.8 Å². The Labute approximate surface area is 202 Å². The van der Waals surface area contributed by atoms with E-state index in [0.717, 1.165) is 16.3 Å². The number of urea groups is 1. The average Bonchev–Trinajstić information content (AvgIpc) is 3.50. The number of hydrogen-bond acceptors (Lipinski definition) is 6. The Bertz CT molecular complexity index is 1380. The molecule has 0 bridgehead atoms. The Kier molecular flexibility index (Phi) is 5.27. The van der Waals surface area contributed by atoms with Crippen molar-refractivity contribution in [3.63, 3.8) is 0 Å². The molecule has 1 atom stereocenters. The van der Waals surface area contributed by atoms with Gasteiger partial charge in [0.25, 0.3) is 5.91 Å². The molecule has 0 unspecified atom stereocenters. The van der Waals surface area contributed by atoms with Crippen LogP contribution in [0.15, 0.2) is 48.5 Å². The standard InChI is InChI=1S/C26H25N3O6/c1-15-10-20(16(2)29(15)18-8-9-22-23(12-18)35-14-34-22)21(30)13-28-24(31)26(3,27-25(28)32)17-6-5-7-19(11-17)33-4/h5-12H,13-14H2,1-4H3,(H,27,32)/t26-/m1/s1. The first-order valence-electron chi connectivity index (χ1n) is 11.1. The minimum Gasteiger partial charge on any atom is -0.497 e. The molecule has 2 aliphatic heterocycles. The highest BCUT2D eigenvalue weighted by molar-refractivity contribution is 6.11. The fourth-order valence-electron chi connectivity index (χ4n) is 4.67. The van der Waals surface area contributed by atoms with Gasteiger partial charge in [-0.25, -0.2) is 4.79 Å². The molecule has 9 heteroatoms. The second kappa shape index (κ2) is 8.19. The van der Waals surface area contributed by atoms with Crippen LogP contribution in [0.4, 0.5) is 4.79 Å². The predicted octanol–water partition coefficient (Wildman–Crippen LogP) is 3.48. The zero-order valence-corrected chi connectivity index (χ0v) is 19.9. The summed E-state index contributed by atoms with van der Waals surface area (Å²) < 4.78 is 18.0. The van der Waals surface area contributed by atoms with E-state index in [2.05, 4.69) is 5.32 Å². The summed E-state index contributed by atoms with van der Waals surface area (Å²) in [5.41, 5.74) is 2.08. The van der Waals surface area contributed by atoms with Crippen LogP contribution >= 0.6 is 0 Å². The molecular weight excluding hydrogens is 450 g/mol. The first-order valence-corrected chi connectivity index (χ1v) is 11.1. The lowest BCUT2D eigenvalue weighted by atomic mass is 9.92. The molecule has 1 fully saturated rings. The summed E-state index contributed by atoms with van der Waals surface area (Å²) in [4.78, 5) is 40.3. The van der Waals surface area contributed by atoms with Gasteiger partial charge in [-0.1, -0.05) is 12.1 Å². The number of aryl methyl sites for hydroxylation is 1. The number of nitrogens with one attached hydrogen (secondary N) is 1. The van der Waals surface area contributed by atoms with Crippen LogP contribution < -0.4 is 19.5 Å². The van der Waals surface area contributed by atoms with E-state index in [-0.39, 0.29) is 19.1 Å². The van der Waals surface area contributed by atoms with Gasteiger partial charge in [0.05, 0.1) is 13.7 Å². The molecule has 3 heterocycles. The molecule has 0 radical (unpaired) electrons. The number of ether oxygens (including phenoxy) is 3. The van der Waals surface area contributed by atoms with Gasteiger partial charge in [0, 0.05) is 28.7 Å². The zero-order chi connectivity index (χ0) is 24.9. The van der Waals surface area contributed by atoms with E-state index < -0.39 is 17.5 Å². The van der Waals surface area contributed by atoms with E-state index >= 15 is 0 Å². The van der Waals surface area contributed by atoms with E-state index in [9.17, 15) is 14.4 Å². The molecule has 1 aromatic heterocycles. The van der Waals surface area contributed by atoms with Gasteiger partial charge in [-0.15, -0.1) is 0 Å². The summed E-state index contributed by atoms with van der Waals surface area (Å²) >= 11 is 0. The summed E-state index contributed by atoms with van der Waals surface area (Å²) in [5, 5.41) is 2.73. The zero-order valence-electron chi connectivity index (χ0n) is 19.9. The van der Waals surface area contributed by atoms with Crippen LogP contribution in [0.1, 0.15) is 34.2 Å². The molecule has 5 rings (SSSR count). The molecule has 180 valence electrons. The Hall–Kier alpha value is -4.27. The monoisotopic (exact) mass is 475 g/mol. The van der Waals surface area contributed by atoms with Crippen LogP contribution in [-0.4, -0.2) is 47.6 Å². The molecule has 0 spiro atoms. The molecule has 2 aliphatic rings. The number of imide groups is 1. The second-order valence-corrected chi connectivity index (χ2v) is 8.76. The largest absolute Gasteiger partial charge is 0.497 e. The van der Waals surface area contributed by atoms with Gasteiger partial charge in [0.1, 0.15) is 11.3 Å². The Morgan fingerprint density at radius 3 is 2.63 bits per heavy atom. The lowest BCUT2D eigenvalue weighted by molar-refractivity contribution is -0.130. The summed E-state index contributed by atoms with van der Waals surface area (Å²) in [5.74, 6) is 1.05. The lowest BCUT2D eigenvalue weighted by Crippen LogP contribution is -2.41. The topological polar surface area (TPSA) is 99.1 Å². The van der Waals surface area contributed by atoms with Gasteiger partial charge in [-0.05, 0) is 56.7 Å². The number of hydrogen-bond donors (Lipinski definition) is 1. The van der Waals surface area contributed by atoms with E-state index in [1.54, 1.807) is 37.3 Å². The van der Waals surface area contributed by atoms with Gasteiger partial charge < -0.3 is 24.1 Å². The maximum atomic E-state index is 13.3. The Balaban J connectivity index is 1.41. The van der Waals surface area contributed by atoms with Crippen molar-refractivity contribution in [2.24, 2.45) is 0 Å². The average molecular weight is 476 g/mol. The van der Waals surface area contributed by atoms with Gasteiger partial charge in [0.15, 0.2) is 17.3 Å². The van der Waals surface area contributed by atoms with E-state index in [0.29, 0.717) is 34.1 Å². The number of rotatable bonds is 6. The maximum Gasteiger partial charge on any atom is 0.325 e. The molecule has 35 heavy (non-hydrogen) atoms. The predicted molar refractivity (Wildman–Crippen MR) is 126 cm³/mol. The highest BCUT2D eigenvalue weighted by atomic mass is 16.7. The molecule has 0 saturated carbocycles. The second-order valence-electron chi connectivity index (χ2n) is 8.76. The summed E-state index contributed by atoms with van der Waals surface area (Å²) in [6.07, 6.45) is 0. The van der Waals surface area contributed by atoms with E-state index in [1.807, 2.05) is 36.6 Å². The van der Waals surface area contributed by atoms with E-state index in [4.69, 9.17) is 14.2 Å². The summed E-state index contributed by atoms with van der Waals surface area (Å²) in [7, 11) is 1.53. The quantitative estimate of drug-likeness (QED) is 0.433. The number of nitrogens with zero attached hydrogens (tertiary/aromatic N) is 2. The van der Waals surface area contributed by atoms with Gasteiger partial charge in [0.2, 0.25) is 6.79 Å². The highest BCUT2D eigenvalue weighted by Gasteiger charge is 2.49. The first kappa shape index (κ1) is 22.5. The van der Waals surface area contributed by atoms with Gasteiger partial charge in [-0.3, -0.25) is 14.5 Å². The summed E-state index contributed by atoms with van der Waals surface area (Å²) in [6.45, 7) is 5.15. The third-order valence-corrected chi connectivity index (χ3v) is 6.57. The van der Waals surface area contributed by atoms with Crippen molar-refractivity contribution in [3.05, 3.63) is 71.0 Å². The minimum atomic E-state index is -1.30. The summed E-state index contributed by atoms with van der Waals surface area (Å²) in [6, 6.07) is 13.7. The number of benzene rings is 2. The number of ketones is 1. The van der Waals surface area contributed by atoms with Crippen molar-refractivity contribution in [2.45, 2.75) is 26.3 Å². The normalized spacial score (nSPS) is 18.7. The molecule has 1 saturated heterocycles. The molecular formula is C26H25N3O6. The third-order valence-electron chi connectivity index (χ3n) is 6.57. The fourth-order valence-corrected chi connectivity index (χ4v) is 4.67. The van der Waals surface area contributed by atoms with Crippen molar-refractivity contribution < 1.29 is 28.6 Å². The number of amides is 3. The van der Waals surface area contributed by atoms with Crippen LogP contribution in [0.3, 0.4) is 0 Å². The number of fused-ring (bicyclic) bond motifs is 1. The lowest BCUT2D eigenvalue weighted by Gasteiger charge is -2.22. The van der Waals surface area contributed by atoms with Crippen molar-refractivity contribution in [3.8, 4) is 22.9 Å². The molecule has 0 aliphatic carbocycles. The Morgan fingerprint density at radius 2 is 1.86 bits per heavy atom. The molecule has 9 nitrogen and oxygen atoms in total. The smallest absolute Gasteiger partial charge is 0.325 e. The fraction of sp³-hybridized carbons (Fsp3) is 0.269. The highest BCUT2D eigenvalue weighted by Crippen LogP contribution is 2.35. The number of carbonyl (C=O) groups excluding carboxylic acids is 3.